The van der Waals surface area contributed by atoms with Crippen LogP contribution in [0.1, 0.15) is 20.9 Å². The summed E-state index contributed by atoms with van der Waals surface area (Å²) in [6.45, 7) is 2.91. The van der Waals surface area contributed by atoms with Gasteiger partial charge in [-0.3, -0.25) is 9.59 Å². The van der Waals surface area contributed by atoms with Crippen molar-refractivity contribution in [2.24, 2.45) is 0 Å². The number of anilines is 1. The molecule has 0 unspecified atom stereocenters. The first-order valence-electron chi connectivity index (χ1n) is 8.99. The van der Waals surface area contributed by atoms with Gasteiger partial charge in [-0.05, 0) is 31.3 Å². The van der Waals surface area contributed by atoms with E-state index in [-0.39, 0.29) is 17.6 Å². The van der Waals surface area contributed by atoms with E-state index in [2.05, 4.69) is 10.2 Å². The molecule has 0 atom stereocenters. The molecule has 2 aromatic carbocycles. The van der Waals surface area contributed by atoms with Gasteiger partial charge in [-0.15, -0.1) is 0 Å². The molecule has 0 spiro atoms. The van der Waals surface area contributed by atoms with E-state index in [1.165, 1.54) is 0 Å². The van der Waals surface area contributed by atoms with Crippen molar-refractivity contribution >= 4 is 28.5 Å². The van der Waals surface area contributed by atoms with Gasteiger partial charge in [-0.2, -0.15) is 0 Å². The quantitative estimate of drug-likeness (QED) is 0.777. The Morgan fingerprint density at radius 2 is 1.59 bits per heavy atom. The Bertz CT molecular complexity index is 973. The van der Waals surface area contributed by atoms with E-state index in [1.807, 2.05) is 31.3 Å². The molecular formula is C21H21N3O3. The molecule has 2 heterocycles. The van der Waals surface area contributed by atoms with Crippen molar-refractivity contribution < 1.29 is 14.0 Å². The van der Waals surface area contributed by atoms with Crippen LogP contribution in [0, 0.1) is 0 Å². The fourth-order valence-corrected chi connectivity index (χ4v) is 3.25. The summed E-state index contributed by atoms with van der Waals surface area (Å²) in [4.78, 5) is 29.7. The Morgan fingerprint density at radius 1 is 0.926 bits per heavy atom. The molecule has 0 aliphatic carbocycles. The Kier molecular flexibility index (Phi) is 4.64. The smallest absolute Gasteiger partial charge is 0.291 e. The molecule has 6 heteroatoms. The Balaban J connectivity index is 1.69. The number of para-hydroxylation sites is 1. The summed E-state index contributed by atoms with van der Waals surface area (Å²) < 4.78 is 5.86. The molecule has 1 aliphatic rings. The predicted molar refractivity (Wildman–Crippen MR) is 104 cm³/mol. The third kappa shape index (κ3) is 3.44. The third-order valence-electron chi connectivity index (χ3n) is 4.85. The molecule has 6 nitrogen and oxygen atoms in total. The molecule has 4 rings (SSSR count). The number of hydrogen-bond donors (Lipinski definition) is 1. The lowest BCUT2D eigenvalue weighted by molar-refractivity contribution is 0.0636. The summed E-state index contributed by atoms with van der Waals surface area (Å²) in [6, 6.07) is 16.3. The summed E-state index contributed by atoms with van der Waals surface area (Å²) in [5, 5.41) is 3.61. The van der Waals surface area contributed by atoms with Crippen molar-refractivity contribution in [3.05, 3.63) is 65.9 Å². The maximum absolute atomic E-state index is 13.1. The van der Waals surface area contributed by atoms with Gasteiger partial charge in [-0.1, -0.05) is 30.3 Å². The van der Waals surface area contributed by atoms with E-state index >= 15 is 0 Å². The van der Waals surface area contributed by atoms with Crippen LogP contribution in [0.4, 0.5) is 5.69 Å². The van der Waals surface area contributed by atoms with Gasteiger partial charge in [0.25, 0.3) is 11.8 Å². The number of carbonyl (C=O) groups is 2. The van der Waals surface area contributed by atoms with Crippen LogP contribution in [0.2, 0.25) is 0 Å². The van der Waals surface area contributed by atoms with Crippen LogP contribution in [-0.4, -0.2) is 54.8 Å². The van der Waals surface area contributed by atoms with Crippen molar-refractivity contribution in [2.75, 3.05) is 38.5 Å². The fraction of sp³-hybridized carbons (Fsp3) is 0.238. The minimum atomic E-state index is -0.269. The molecule has 0 radical (unpaired) electrons. The average molecular weight is 363 g/mol. The van der Waals surface area contributed by atoms with Crippen LogP contribution in [0.15, 0.2) is 59.0 Å². The normalized spacial score (nSPS) is 15.1. The first-order chi connectivity index (χ1) is 13.1. The van der Waals surface area contributed by atoms with Crippen molar-refractivity contribution in [1.29, 1.82) is 0 Å². The lowest BCUT2D eigenvalue weighted by Gasteiger charge is -2.32. The average Bonchev–Trinajstić information content (AvgIpc) is 3.07. The molecule has 0 saturated carbocycles. The number of likely N-dealkylation sites (N-methyl/N-ethyl adjacent to an activating group) is 1. The fourth-order valence-electron chi connectivity index (χ4n) is 3.25. The number of amides is 2. The molecule has 1 N–H and O–H groups in total. The van der Waals surface area contributed by atoms with E-state index in [0.717, 1.165) is 18.5 Å². The number of hydrogen-bond acceptors (Lipinski definition) is 4. The van der Waals surface area contributed by atoms with Crippen LogP contribution in [0.3, 0.4) is 0 Å². The van der Waals surface area contributed by atoms with E-state index in [1.54, 1.807) is 35.2 Å². The first kappa shape index (κ1) is 17.3. The predicted octanol–water partition coefficient (Wildman–Crippen LogP) is 3.07. The molecule has 27 heavy (non-hydrogen) atoms. The number of rotatable bonds is 3. The maximum atomic E-state index is 13.1. The van der Waals surface area contributed by atoms with Crippen LogP contribution in [0.25, 0.3) is 11.0 Å². The Labute approximate surface area is 157 Å². The van der Waals surface area contributed by atoms with Gasteiger partial charge in [0.15, 0.2) is 0 Å². The third-order valence-corrected chi connectivity index (χ3v) is 4.85. The van der Waals surface area contributed by atoms with Gasteiger partial charge in [0.2, 0.25) is 5.76 Å². The number of carbonyl (C=O) groups excluding carboxylic acids is 2. The van der Waals surface area contributed by atoms with Crippen molar-refractivity contribution in [1.82, 2.24) is 9.80 Å². The molecule has 1 fully saturated rings. The lowest BCUT2D eigenvalue weighted by Crippen LogP contribution is -2.47. The Morgan fingerprint density at radius 3 is 2.33 bits per heavy atom. The van der Waals surface area contributed by atoms with Gasteiger partial charge >= 0.3 is 0 Å². The number of piperazine rings is 1. The minimum Gasteiger partial charge on any atom is -0.449 e. The molecule has 138 valence electrons. The highest BCUT2D eigenvalue weighted by Gasteiger charge is 2.28. The highest BCUT2D eigenvalue weighted by molar-refractivity contribution is 6.14. The van der Waals surface area contributed by atoms with Gasteiger partial charge in [0.05, 0.1) is 0 Å². The summed E-state index contributed by atoms with van der Waals surface area (Å²) >= 11 is 0. The zero-order chi connectivity index (χ0) is 18.8. The highest BCUT2D eigenvalue weighted by Crippen LogP contribution is 2.32. The van der Waals surface area contributed by atoms with Crippen LogP contribution >= 0.6 is 0 Å². The molecule has 1 saturated heterocycles. The van der Waals surface area contributed by atoms with Gasteiger partial charge in [0, 0.05) is 37.1 Å². The highest BCUT2D eigenvalue weighted by atomic mass is 16.3. The molecular weight excluding hydrogens is 342 g/mol. The number of furan rings is 1. The molecule has 2 amide bonds. The minimum absolute atomic E-state index is 0.185. The SMILES string of the molecule is CN1CCN(C(=O)c2oc3ccccc3c2NC(=O)c2ccccc2)CC1. The van der Waals surface area contributed by atoms with E-state index in [0.29, 0.717) is 29.9 Å². The molecule has 1 aromatic heterocycles. The van der Waals surface area contributed by atoms with Crippen molar-refractivity contribution in [3.8, 4) is 0 Å². The number of benzene rings is 2. The maximum Gasteiger partial charge on any atom is 0.291 e. The van der Waals surface area contributed by atoms with E-state index in [9.17, 15) is 9.59 Å². The second-order valence-electron chi connectivity index (χ2n) is 6.72. The zero-order valence-corrected chi connectivity index (χ0v) is 15.1. The lowest BCUT2D eigenvalue weighted by atomic mass is 10.1. The second kappa shape index (κ2) is 7.25. The summed E-state index contributed by atoms with van der Waals surface area (Å²) in [5.41, 5.74) is 1.54. The Hall–Kier alpha value is -3.12. The van der Waals surface area contributed by atoms with Crippen molar-refractivity contribution in [2.45, 2.75) is 0 Å². The van der Waals surface area contributed by atoms with Gasteiger partial charge < -0.3 is 19.5 Å². The standard InChI is InChI=1S/C21H21N3O3/c1-23-11-13-24(14-12-23)21(26)19-18(16-9-5-6-10-17(16)27-19)22-20(25)15-7-3-2-4-8-15/h2-10H,11-14H2,1H3,(H,22,25). The van der Waals surface area contributed by atoms with Crippen LogP contribution in [-0.2, 0) is 0 Å². The first-order valence-corrected chi connectivity index (χ1v) is 8.99. The molecule has 1 aliphatic heterocycles. The van der Waals surface area contributed by atoms with E-state index in [4.69, 9.17) is 4.42 Å². The van der Waals surface area contributed by atoms with Crippen LogP contribution < -0.4 is 5.32 Å². The summed E-state index contributed by atoms with van der Waals surface area (Å²) in [7, 11) is 2.04. The van der Waals surface area contributed by atoms with Gasteiger partial charge in [0.1, 0.15) is 11.3 Å². The monoisotopic (exact) mass is 363 g/mol. The zero-order valence-electron chi connectivity index (χ0n) is 15.1. The van der Waals surface area contributed by atoms with Crippen LogP contribution in [0.5, 0.6) is 0 Å². The molecule has 3 aromatic rings. The topological polar surface area (TPSA) is 65.8 Å². The van der Waals surface area contributed by atoms with Gasteiger partial charge in [-0.25, -0.2) is 0 Å². The molecule has 0 bridgehead atoms. The summed E-state index contributed by atoms with van der Waals surface area (Å²) in [6.07, 6.45) is 0. The van der Waals surface area contributed by atoms with E-state index < -0.39 is 0 Å². The second-order valence-corrected chi connectivity index (χ2v) is 6.72. The number of fused-ring (bicyclic) bond motifs is 1. The number of nitrogens with one attached hydrogen (secondary N) is 1. The largest absolute Gasteiger partial charge is 0.449 e. The number of nitrogens with zero attached hydrogens (tertiary/aromatic N) is 2. The summed E-state index contributed by atoms with van der Waals surface area (Å²) in [5.74, 6) is -0.276. The van der Waals surface area contributed by atoms with Crippen molar-refractivity contribution in [3.63, 3.8) is 0 Å².